The van der Waals surface area contributed by atoms with Gasteiger partial charge in [0.2, 0.25) is 10.0 Å². The van der Waals surface area contributed by atoms with Crippen LogP contribution in [-0.2, 0) is 14.8 Å². The lowest BCUT2D eigenvalue weighted by Crippen LogP contribution is -2.40. The molecule has 0 unspecified atom stereocenters. The fourth-order valence-corrected chi connectivity index (χ4v) is 4.02. The number of benzene rings is 1. The van der Waals surface area contributed by atoms with Crippen molar-refractivity contribution in [2.45, 2.75) is 24.2 Å². The van der Waals surface area contributed by atoms with Crippen LogP contribution >= 0.6 is 0 Å². The molecule has 1 saturated heterocycles. The smallest absolute Gasteiger partial charge is 0.303 e. The minimum atomic E-state index is -3.75. The Morgan fingerprint density at radius 2 is 2.20 bits per heavy atom. The summed E-state index contributed by atoms with van der Waals surface area (Å²) < 4.78 is 39.2. The van der Waals surface area contributed by atoms with Crippen molar-refractivity contribution >= 4 is 16.0 Å². The molecule has 7 heteroatoms. The van der Waals surface area contributed by atoms with E-state index in [1.165, 1.54) is 22.5 Å². The van der Waals surface area contributed by atoms with Crippen LogP contribution < -0.4 is 0 Å². The van der Waals surface area contributed by atoms with E-state index in [0.29, 0.717) is 19.4 Å². The van der Waals surface area contributed by atoms with Gasteiger partial charge in [0.15, 0.2) is 0 Å². The molecule has 0 saturated carbocycles. The van der Waals surface area contributed by atoms with Crippen molar-refractivity contribution in [3.63, 3.8) is 0 Å². The normalized spacial score (nSPS) is 20.8. The molecule has 0 aliphatic carbocycles. The molecule has 1 aliphatic rings. The Morgan fingerprint density at radius 1 is 1.45 bits per heavy atom. The van der Waals surface area contributed by atoms with Crippen molar-refractivity contribution in [1.29, 1.82) is 0 Å². The number of nitrogens with zero attached hydrogens (tertiary/aromatic N) is 1. The Morgan fingerprint density at radius 3 is 2.85 bits per heavy atom. The van der Waals surface area contributed by atoms with Crippen LogP contribution in [0.4, 0.5) is 4.39 Å². The average Bonchev–Trinajstić information content (AvgIpc) is 2.38. The Bertz CT molecular complexity index is 602. The average molecular weight is 301 g/mol. The molecule has 2 rings (SSSR count). The van der Waals surface area contributed by atoms with Crippen LogP contribution in [-0.4, -0.2) is 36.9 Å². The van der Waals surface area contributed by atoms with Crippen molar-refractivity contribution in [3.8, 4) is 0 Å². The highest BCUT2D eigenvalue weighted by Crippen LogP contribution is 2.25. The lowest BCUT2D eigenvalue weighted by atomic mass is 9.96. The molecule has 1 aromatic carbocycles. The molecule has 110 valence electrons. The molecule has 20 heavy (non-hydrogen) atoms. The highest BCUT2D eigenvalue weighted by atomic mass is 32.2. The molecule has 0 spiro atoms. The second-order valence-electron chi connectivity index (χ2n) is 4.93. The molecule has 0 amide bonds. The number of hydrogen-bond acceptors (Lipinski definition) is 3. The van der Waals surface area contributed by atoms with Gasteiger partial charge in [-0.15, -0.1) is 0 Å². The molecule has 0 aromatic heterocycles. The number of carbonyl (C=O) groups is 1. The zero-order valence-corrected chi connectivity index (χ0v) is 11.6. The summed E-state index contributed by atoms with van der Waals surface area (Å²) in [6.07, 6.45) is 1.27. The summed E-state index contributed by atoms with van der Waals surface area (Å²) in [6.45, 7) is 0.514. The molecule has 0 radical (unpaired) electrons. The first-order valence-corrected chi connectivity index (χ1v) is 7.81. The zero-order valence-electron chi connectivity index (χ0n) is 10.8. The van der Waals surface area contributed by atoms with Gasteiger partial charge in [0.25, 0.3) is 0 Å². The fraction of sp³-hybridized carbons (Fsp3) is 0.462. The summed E-state index contributed by atoms with van der Waals surface area (Å²) >= 11 is 0. The van der Waals surface area contributed by atoms with E-state index in [-0.39, 0.29) is 23.8 Å². The van der Waals surface area contributed by atoms with Crippen LogP contribution in [0.1, 0.15) is 19.3 Å². The van der Waals surface area contributed by atoms with Crippen LogP contribution in [0.2, 0.25) is 0 Å². The summed E-state index contributed by atoms with van der Waals surface area (Å²) in [5.74, 6) is -1.73. The number of halogens is 1. The van der Waals surface area contributed by atoms with E-state index >= 15 is 0 Å². The lowest BCUT2D eigenvalue weighted by Gasteiger charge is -2.31. The van der Waals surface area contributed by atoms with Gasteiger partial charge in [0.05, 0.1) is 4.90 Å². The van der Waals surface area contributed by atoms with Crippen molar-refractivity contribution in [2.75, 3.05) is 13.1 Å². The van der Waals surface area contributed by atoms with E-state index in [4.69, 9.17) is 5.11 Å². The van der Waals surface area contributed by atoms with Gasteiger partial charge in [-0.25, -0.2) is 12.8 Å². The number of rotatable bonds is 4. The van der Waals surface area contributed by atoms with Gasteiger partial charge in [-0.2, -0.15) is 4.31 Å². The van der Waals surface area contributed by atoms with Gasteiger partial charge in [0, 0.05) is 19.5 Å². The second-order valence-corrected chi connectivity index (χ2v) is 6.86. The van der Waals surface area contributed by atoms with Crippen LogP contribution in [0.3, 0.4) is 0 Å². The number of hydrogen-bond donors (Lipinski definition) is 1. The third-order valence-electron chi connectivity index (χ3n) is 3.38. The Labute approximate surface area is 117 Å². The first-order valence-electron chi connectivity index (χ1n) is 6.37. The number of carboxylic acids is 1. The standard InChI is InChI=1S/C13H16FNO4S/c14-11-4-1-5-12(8-11)20(18,19)15-6-2-3-10(9-15)7-13(16)17/h1,4-5,8,10H,2-3,6-7,9H2,(H,16,17)/t10-/m1/s1. The number of sulfonamides is 1. The molecule has 1 atom stereocenters. The van der Waals surface area contributed by atoms with Crippen molar-refractivity contribution in [3.05, 3.63) is 30.1 Å². The maximum Gasteiger partial charge on any atom is 0.303 e. The molecule has 1 fully saturated rings. The summed E-state index contributed by atoms with van der Waals surface area (Å²) in [6, 6.07) is 4.86. The SMILES string of the molecule is O=C(O)C[C@H]1CCCN(S(=O)(=O)c2cccc(F)c2)C1. The van der Waals surface area contributed by atoms with E-state index in [2.05, 4.69) is 0 Å². The van der Waals surface area contributed by atoms with Crippen molar-refractivity contribution < 1.29 is 22.7 Å². The third kappa shape index (κ3) is 3.34. The number of aliphatic carboxylic acids is 1. The largest absolute Gasteiger partial charge is 0.481 e. The predicted octanol–water partition coefficient (Wildman–Crippen LogP) is 1.70. The molecule has 1 heterocycles. The number of carboxylic acid groups (broad SMARTS) is 1. The van der Waals surface area contributed by atoms with Crippen LogP contribution in [0, 0.1) is 11.7 Å². The van der Waals surface area contributed by atoms with Gasteiger partial charge in [0.1, 0.15) is 5.82 Å². The molecule has 1 N–H and O–H groups in total. The van der Waals surface area contributed by atoms with Gasteiger partial charge in [-0.3, -0.25) is 4.79 Å². The minimum absolute atomic E-state index is 0.0465. The first-order chi connectivity index (χ1) is 9.39. The van der Waals surface area contributed by atoms with E-state index < -0.39 is 21.8 Å². The van der Waals surface area contributed by atoms with Crippen molar-refractivity contribution in [2.24, 2.45) is 5.92 Å². The summed E-state index contributed by atoms with van der Waals surface area (Å²) in [5.41, 5.74) is 0. The van der Waals surface area contributed by atoms with E-state index in [1.54, 1.807) is 0 Å². The Kier molecular flexibility index (Phi) is 4.39. The molecular formula is C13H16FNO4S. The van der Waals surface area contributed by atoms with Crippen molar-refractivity contribution in [1.82, 2.24) is 4.31 Å². The van der Waals surface area contributed by atoms with E-state index in [9.17, 15) is 17.6 Å². The summed E-state index contributed by atoms with van der Waals surface area (Å²) in [5, 5.41) is 8.79. The molecule has 0 bridgehead atoms. The fourth-order valence-electron chi connectivity index (χ4n) is 2.44. The minimum Gasteiger partial charge on any atom is -0.481 e. The van der Waals surface area contributed by atoms with Gasteiger partial charge >= 0.3 is 5.97 Å². The monoisotopic (exact) mass is 301 g/mol. The summed E-state index contributed by atoms with van der Waals surface area (Å²) in [7, 11) is -3.75. The maximum atomic E-state index is 13.2. The quantitative estimate of drug-likeness (QED) is 0.918. The Balaban J connectivity index is 2.19. The van der Waals surface area contributed by atoms with Gasteiger partial charge in [-0.05, 0) is 37.0 Å². The van der Waals surface area contributed by atoms with Crippen LogP contribution in [0.5, 0.6) is 0 Å². The van der Waals surface area contributed by atoms with Crippen LogP contribution in [0.25, 0.3) is 0 Å². The molecule has 1 aromatic rings. The van der Waals surface area contributed by atoms with E-state index in [0.717, 1.165) is 6.07 Å². The van der Waals surface area contributed by atoms with Gasteiger partial charge < -0.3 is 5.11 Å². The highest BCUT2D eigenvalue weighted by Gasteiger charge is 2.31. The zero-order chi connectivity index (χ0) is 14.8. The Hall–Kier alpha value is -1.47. The van der Waals surface area contributed by atoms with Crippen LogP contribution in [0.15, 0.2) is 29.2 Å². The lowest BCUT2D eigenvalue weighted by molar-refractivity contribution is -0.138. The van der Waals surface area contributed by atoms with E-state index in [1.807, 2.05) is 0 Å². The topological polar surface area (TPSA) is 74.7 Å². The first kappa shape index (κ1) is 14.9. The summed E-state index contributed by atoms with van der Waals surface area (Å²) in [4.78, 5) is 10.6. The third-order valence-corrected chi connectivity index (χ3v) is 5.24. The number of piperidine rings is 1. The predicted molar refractivity (Wildman–Crippen MR) is 70.1 cm³/mol. The highest BCUT2D eigenvalue weighted by molar-refractivity contribution is 7.89. The molecular weight excluding hydrogens is 285 g/mol. The molecule has 1 aliphatic heterocycles. The second kappa shape index (κ2) is 5.88. The maximum absolute atomic E-state index is 13.2. The molecule has 5 nitrogen and oxygen atoms in total. The van der Waals surface area contributed by atoms with Gasteiger partial charge in [-0.1, -0.05) is 6.07 Å².